The minimum atomic E-state index is 0.0436. The van der Waals surface area contributed by atoms with Crippen molar-refractivity contribution in [1.29, 1.82) is 0 Å². The smallest absolute Gasteiger partial charge is 0.324 e. The summed E-state index contributed by atoms with van der Waals surface area (Å²) in [4.78, 5) is 15.8. The summed E-state index contributed by atoms with van der Waals surface area (Å²) in [5, 5.41) is 12.7. The molecule has 2 N–H and O–H groups in total. The van der Waals surface area contributed by atoms with Crippen molar-refractivity contribution in [3.63, 3.8) is 0 Å². The second-order valence-corrected chi connectivity index (χ2v) is 4.46. The van der Waals surface area contributed by atoms with Gasteiger partial charge in [-0.1, -0.05) is 6.07 Å². The van der Waals surface area contributed by atoms with Crippen LogP contribution >= 0.6 is 0 Å². The Morgan fingerprint density at radius 2 is 2.29 bits per heavy atom. The zero-order valence-corrected chi connectivity index (χ0v) is 9.47. The van der Waals surface area contributed by atoms with Crippen LogP contribution < -0.4 is 10.2 Å². The van der Waals surface area contributed by atoms with E-state index in [4.69, 9.17) is 0 Å². The summed E-state index contributed by atoms with van der Waals surface area (Å²) in [6, 6.07) is 7.14. The Labute approximate surface area is 99.6 Å². The summed E-state index contributed by atoms with van der Waals surface area (Å²) < 4.78 is 0. The van der Waals surface area contributed by atoms with E-state index < -0.39 is 0 Å². The lowest BCUT2D eigenvalue weighted by Crippen LogP contribution is -2.49. The van der Waals surface area contributed by atoms with Gasteiger partial charge >= 0.3 is 6.03 Å². The van der Waals surface area contributed by atoms with Gasteiger partial charge in [-0.3, -0.25) is 4.90 Å². The summed E-state index contributed by atoms with van der Waals surface area (Å²) in [7, 11) is 0. The fraction of sp³-hybridized carbons (Fsp3) is 0.417. The van der Waals surface area contributed by atoms with E-state index in [0.717, 1.165) is 25.3 Å². The first-order chi connectivity index (χ1) is 8.25. The fourth-order valence-corrected chi connectivity index (χ4v) is 2.50. The van der Waals surface area contributed by atoms with Gasteiger partial charge in [0.05, 0.1) is 6.04 Å². The molecule has 2 heterocycles. The van der Waals surface area contributed by atoms with E-state index in [1.165, 1.54) is 0 Å². The highest BCUT2D eigenvalue weighted by Gasteiger charge is 2.38. The number of anilines is 1. The molecule has 5 nitrogen and oxygen atoms in total. The third kappa shape index (κ3) is 1.72. The topological polar surface area (TPSA) is 55.8 Å². The number of aromatic hydroxyl groups is 1. The number of hydrogen-bond acceptors (Lipinski definition) is 3. The van der Waals surface area contributed by atoms with Crippen LogP contribution in [0.3, 0.4) is 0 Å². The number of carbonyl (C=O) groups is 1. The van der Waals surface area contributed by atoms with E-state index in [9.17, 15) is 9.90 Å². The number of carbonyl (C=O) groups excluding carboxylic acids is 1. The Kier molecular flexibility index (Phi) is 2.40. The molecule has 2 fully saturated rings. The number of benzene rings is 1. The van der Waals surface area contributed by atoms with Gasteiger partial charge < -0.3 is 15.3 Å². The molecular weight excluding hydrogens is 218 g/mol. The van der Waals surface area contributed by atoms with E-state index in [2.05, 4.69) is 5.32 Å². The van der Waals surface area contributed by atoms with E-state index >= 15 is 0 Å². The van der Waals surface area contributed by atoms with Gasteiger partial charge in [0.2, 0.25) is 0 Å². The summed E-state index contributed by atoms with van der Waals surface area (Å²) >= 11 is 0. The zero-order chi connectivity index (χ0) is 11.8. The van der Waals surface area contributed by atoms with Crippen LogP contribution in [0.2, 0.25) is 0 Å². The SMILES string of the molecule is O=C1N(c2cccc(O)c2)CC2CNCCN12. The Morgan fingerprint density at radius 1 is 1.41 bits per heavy atom. The summed E-state index contributed by atoms with van der Waals surface area (Å²) in [5.41, 5.74) is 0.768. The van der Waals surface area contributed by atoms with E-state index in [-0.39, 0.29) is 17.8 Å². The molecule has 2 saturated heterocycles. The van der Waals surface area contributed by atoms with Crippen LogP contribution in [-0.4, -0.2) is 48.3 Å². The van der Waals surface area contributed by atoms with Gasteiger partial charge in [0.25, 0.3) is 0 Å². The monoisotopic (exact) mass is 233 g/mol. The Balaban J connectivity index is 1.87. The van der Waals surface area contributed by atoms with Crippen molar-refractivity contribution in [3.05, 3.63) is 24.3 Å². The number of hydrogen-bond donors (Lipinski definition) is 2. The van der Waals surface area contributed by atoms with Gasteiger partial charge in [0.1, 0.15) is 5.75 Å². The Hall–Kier alpha value is -1.75. The third-order valence-electron chi connectivity index (χ3n) is 3.36. The van der Waals surface area contributed by atoms with Gasteiger partial charge in [-0.15, -0.1) is 0 Å². The van der Waals surface area contributed by atoms with E-state index in [1.807, 2.05) is 11.0 Å². The molecule has 1 atom stereocenters. The van der Waals surface area contributed by atoms with Gasteiger partial charge in [-0.05, 0) is 12.1 Å². The third-order valence-corrected chi connectivity index (χ3v) is 3.36. The minimum absolute atomic E-state index is 0.0436. The standard InChI is InChI=1S/C12H15N3O2/c16-11-3-1-2-9(6-11)15-8-10-7-13-4-5-14(10)12(15)17/h1-3,6,10,13,16H,4-5,7-8H2. The van der Waals surface area contributed by atoms with E-state index in [0.29, 0.717) is 6.54 Å². The summed E-state index contributed by atoms with van der Waals surface area (Å²) in [5.74, 6) is 0.193. The van der Waals surface area contributed by atoms with Crippen molar-refractivity contribution in [1.82, 2.24) is 10.2 Å². The highest BCUT2D eigenvalue weighted by molar-refractivity contribution is 5.95. The van der Waals surface area contributed by atoms with Gasteiger partial charge in [0.15, 0.2) is 0 Å². The number of phenolic OH excluding ortho intramolecular Hbond substituents is 1. The maximum Gasteiger partial charge on any atom is 0.324 e. The van der Waals surface area contributed by atoms with Gasteiger partial charge in [0, 0.05) is 37.9 Å². The van der Waals surface area contributed by atoms with Crippen molar-refractivity contribution in [2.75, 3.05) is 31.1 Å². The fourth-order valence-electron chi connectivity index (χ4n) is 2.50. The normalized spacial score (nSPS) is 24.0. The lowest BCUT2D eigenvalue weighted by atomic mass is 10.2. The average molecular weight is 233 g/mol. The molecule has 0 bridgehead atoms. The molecule has 0 saturated carbocycles. The highest BCUT2D eigenvalue weighted by Crippen LogP contribution is 2.26. The molecule has 1 aromatic rings. The lowest BCUT2D eigenvalue weighted by Gasteiger charge is -2.28. The first-order valence-corrected chi connectivity index (χ1v) is 5.83. The van der Waals surface area contributed by atoms with Crippen molar-refractivity contribution in [3.8, 4) is 5.75 Å². The Bertz CT molecular complexity index is 449. The van der Waals surface area contributed by atoms with Crippen molar-refractivity contribution < 1.29 is 9.90 Å². The molecule has 0 aliphatic carbocycles. The highest BCUT2D eigenvalue weighted by atomic mass is 16.3. The molecule has 5 heteroatoms. The molecule has 1 aromatic carbocycles. The molecule has 3 rings (SSSR count). The molecule has 2 amide bonds. The number of piperazine rings is 1. The number of rotatable bonds is 1. The van der Waals surface area contributed by atoms with Crippen LogP contribution in [0, 0.1) is 0 Å². The molecule has 0 aromatic heterocycles. The van der Waals surface area contributed by atoms with Crippen molar-refractivity contribution in [2.45, 2.75) is 6.04 Å². The molecule has 0 radical (unpaired) electrons. The van der Waals surface area contributed by atoms with Crippen LogP contribution in [-0.2, 0) is 0 Å². The molecule has 2 aliphatic rings. The zero-order valence-electron chi connectivity index (χ0n) is 9.47. The number of urea groups is 1. The van der Waals surface area contributed by atoms with Crippen molar-refractivity contribution in [2.24, 2.45) is 0 Å². The van der Waals surface area contributed by atoms with Crippen LogP contribution in [0.5, 0.6) is 5.75 Å². The maximum atomic E-state index is 12.2. The first-order valence-electron chi connectivity index (χ1n) is 5.83. The first kappa shape index (κ1) is 10.4. The van der Waals surface area contributed by atoms with Gasteiger partial charge in [-0.2, -0.15) is 0 Å². The minimum Gasteiger partial charge on any atom is -0.508 e. The van der Waals surface area contributed by atoms with Crippen molar-refractivity contribution >= 4 is 11.7 Å². The number of amides is 2. The number of nitrogens with one attached hydrogen (secondary N) is 1. The largest absolute Gasteiger partial charge is 0.508 e. The van der Waals surface area contributed by atoms with Crippen LogP contribution in [0.25, 0.3) is 0 Å². The maximum absolute atomic E-state index is 12.2. The average Bonchev–Trinajstić information content (AvgIpc) is 2.68. The predicted octanol–water partition coefficient (Wildman–Crippen LogP) is 0.606. The summed E-state index contributed by atoms with van der Waals surface area (Å²) in [6.07, 6.45) is 0. The van der Waals surface area contributed by atoms with E-state index in [1.54, 1.807) is 23.1 Å². The molecular formula is C12H15N3O2. The molecule has 90 valence electrons. The summed E-state index contributed by atoms with van der Waals surface area (Å²) in [6.45, 7) is 3.16. The van der Waals surface area contributed by atoms with Crippen LogP contribution in [0.1, 0.15) is 0 Å². The molecule has 2 aliphatic heterocycles. The quantitative estimate of drug-likeness (QED) is 0.747. The Morgan fingerprint density at radius 3 is 3.06 bits per heavy atom. The number of fused-ring (bicyclic) bond motifs is 1. The number of phenols is 1. The van der Waals surface area contributed by atoms with Crippen LogP contribution in [0.15, 0.2) is 24.3 Å². The van der Waals surface area contributed by atoms with Crippen LogP contribution in [0.4, 0.5) is 10.5 Å². The second kappa shape index (κ2) is 3.92. The predicted molar refractivity (Wildman–Crippen MR) is 64.2 cm³/mol. The molecule has 1 unspecified atom stereocenters. The number of nitrogens with zero attached hydrogens (tertiary/aromatic N) is 2. The lowest BCUT2D eigenvalue weighted by molar-refractivity contribution is 0.193. The molecule has 17 heavy (non-hydrogen) atoms. The second-order valence-electron chi connectivity index (χ2n) is 4.46. The molecule has 0 spiro atoms. The van der Waals surface area contributed by atoms with Gasteiger partial charge in [-0.25, -0.2) is 4.79 Å².